The van der Waals surface area contributed by atoms with E-state index < -0.39 is 0 Å². The maximum atomic E-state index is 5.43. The lowest BCUT2D eigenvalue weighted by atomic mass is 9.77. The molecule has 6 heterocycles. The highest BCUT2D eigenvalue weighted by atomic mass is 15.4. The monoisotopic (exact) mass is 987 g/mol. The molecule has 0 aromatic carbocycles. The van der Waals surface area contributed by atoms with Crippen molar-refractivity contribution in [1.29, 1.82) is 0 Å². The van der Waals surface area contributed by atoms with Crippen LogP contribution in [0.15, 0.2) is 0 Å². The number of unbranched alkanes of at least 4 members (excludes halogenated alkanes) is 1. The summed E-state index contributed by atoms with van der Waals surface area (Å²) in [5.74, 6) is 5.19. The molecule has 2 aromatic heterocycles. The van der Waals surface area contributed by atoms with Gasteiger partial charge in [-0.2, -0.15) is 29.9 Å². The molecule has 4 aliphatic rings. The molecule has 0 saturated carbocycles. The minimum absolute atomic E-state index is 0.0414. The minimum atomic E-state index is 0.0414. The zero-order valence-electron chi connectivity index (χ0n) is 50.3. The van der Waals surface area contributed by atoms with Crippen LogP contribution in [0.25, 0.3) is 0 Å². The van der Waals surface area contributed by atoms with Crippen molar-refractivity contribution < 1.29 is 0 Å². The average molecular weight is 988 g/mol. The van der Waals surface area contributed by atoms with E-state index in [9.17, 15) is 0 Å². The fourth-order valence-electron chi connectivity index (χ4n) is 13.9. The van der Waals surface area contributed by atoms with Gasteiger partial charge in [0.05, 0.1) is 0 Å². The summed E-state index contributed by atoms with van der Waals surface area (Å²) in [7, 11) is 18.0. The summed E-state index contributed by atoms with van der Waals surface area (Å²) in [4.78, 5) is 52.0. The molecule has 0 radical (unpaired) electrons. The van der Waals surface area contributed by atoms with Gasteiger partial charge in [0.1, 0.15) is 11.6 Å². The van der Waals surface area contributed by atoms with Gasteiger partial charge >= 0.3 is 0 Å². The number of rotatable bonds is 15. The molecule has 0 aliphatic carbocycles. The summed E-state index contributed by atoms with van der Waals surface area (Å²) in [5, 5.41) is 0. The normalized spacial score (nSPS) is 25.5. The van der Waals surface area contributed by atoms with Crippen LogP contribution in [0.4, 0.5) is 23.8 Å². The van der Waals surface area contributed by atoms with Crippen molar-refractivity contribution in [3.05, 3.63) is 11.6 Å². The Kier molecular flexibility index (Phi) is 16.1. The van der Waals surface area contributed by atoms with Crippen LogP contribution in [0.2, 0.25) is 0 Å². The molecule has 4 saturated heterocycles. The molecule has 0 N–H and O–H groups in total. The highest BCUT2D eigenvalue weighted by Crippen LogP contribution is 2.44. The third-order valence-corrected chi connectivity index (χ3v) is 19.9. The Morgan fingerprint density at radius 3 is 0.873 bits per heavy atom. The molecule has 14 heteroatoms. The number of aromatic nitrogens is 6. The number of hydrogen-bond acceptors (Lipinski definition) is 14. The Labute approximate surface area is 434 Å². The first-order valence-electron chi connectivity index (χ1n) is 27.7. The van der Waals surface area contributed by atoms with Gasteiger partial charge in [0.2, 0.25) is 23.8 Å². The lowest BCUT2D eigenvalue weighted by molar-refractivity contribution is -0.0127. The van der Waals surface area contributed by atoms with Crippen molar-refractivity contribution in [3.8, 4) is 0 Å². The highest BCUT2D eigenvalue weighted by molar-refractivity contribution is 5.43. The molecule has 4 fully saturated rings. The maximum absolute atomic E-state index is 5.43. The van der Waals surface area contributed by atoms with E-state index in [0.29, 0.717) is 24.2 Å². The van der Waals surface area contributed by atoms with Crippen molar-refractivity contribution in [2.45, 2.75) is 276 Å². The Balaban J connectivity index is 1.29. The predicted octanol–water partition coefficient (Wildman–Crippen LogP) is 10.3. The molecule has 404 valence electrons. The summed E-state index contributed by atoms with van der Waals surface area (Å²) >= 11 is 0. The summed E-state index contributed by atoms with van der Waals surface area (Å²) < 4.78 is 0. The Hall–Kier alpha value is -2.94. The van der Waals surface area contributed by atoms with Gasteiger partial charge in [0, 0.05) is 109 Å². The minimum Gasteiger partial charge on any atom is -0.341 e. The van der Waals surface area contributed by atoms with E-state index in [1.54, 1.807) is 0 Å². The van der Waals surface area contributed by atoms with E-state index in [-0.39, 0.29) is 50.2 Å². The summed E-state index contributed by atoms with van der Waals surface area (Å²) in [6.45, 7) is 40.4. The Morgan fingerprint density at radius 2 is 0.634 bits per heavy atom. The van der Waals surface area contributed by atoms with Crippen LogP contribution in [-0.4, -0.2) is 174 Å². The molecule has 0 bridgehead atoms. The number of hydrogen-bond donors (Lipinski definition) is 0. The summed E-state index contributed by atoms with van der Waals surface area (Å²) in [6, 6.07) is 1.21. The zero-order chi connectivity index (χ0) is 53.4. The van der Waals surface area contributed by atoms with Crippen molar-refractivity contribution >= 4 is 23.8 Å². The zero-order valence-corrected chi connectivity index (χ0v) is 50.3. The lowest BCUT2D eigenvalue weighted by Gasteiger charge is -2.55. The van der Waals surface area contributed by atoms with E-state index in [4.69, 9.17) is 29.9 Å². The van der Waals surface area contributed by atoms with Gasteiger partial charge in [-0.05, 0) is 210 Å². The van der Waals surface area contributed by atoms with Crippen molar-refractivity contribution in [2.24, 2.45) is 0 Å². The van der Waals surface area contributed by atoms with Crippen LogP contribution in [0.5, 0.6) is 0 Å². The third kappa shape index (κ3) is 12.0. The van der Waals surface area contributed by atoms with Gasteiger partial charge in [-0.25, -0.2) is 0 Å². The highest BCUT2D eigenvalue weighted by Gasteiger charge is 2.49. The SMILES string of the molecule is CCC(CCCCc1nc(N(C)C2CC(C)(C)N(C)C(C)(C)C2)nc(N(C)C2CC(C)(C)N(C)C(C)(C)C2)n1)c1nc(N(C)C2CC(C)(C)N(C)C(C)(C)C2)nc(N(C)C2CC(C)(C)N(C)C(C)(C)C2)n1. The molecule has 6 rings (SSSR count). The summed E-state index contributed by atoms with van der Waals surface area (Å²) in [6.07, 6.45) is 13.0. The number of likely N-dealkylation sites (tertiary alicyclic amines) is 4. The van der Waals surface area contributed by atoms with E-state index in [2.05, 4.69) is 213 Å². The molecule has 0 amide bonds. The topological polar surface area (TPSA) is 103 Å². The lowest BCUT2D eigenvalue weighted by Crippen LogP contribution is -2.62. The molecular weight excluding hydrogens is 881 g/mol. The van der Waals surface area contributed by atoms with Crippen LogP contribution in [0.1, 0.15) is 212 Å². The van der Waals surface area contributed by atoms with Crippen molar-refractivity contribution in [3.63, 3.8) is 0 Å². The largest absolute Gasteiger partial charge is 0.341 e. The van der Waals surface area contributed by atoms with Crippen molar-refractivity contribution in [1.82, 2.24) is 49.5 Å². The number of aryl methyl sites for hydroxylation is 1. The standard InChI is InChI=1S/C57H106N14/c1-26-39(45-60-48(66(20)42-35-54(10,11)70(24)55(12,13)36-42)63-49(61-45)67(21)43-37-56(14,15)71(25)57(16,17)38-43)29-27-28-30-44-58-46(64(18)40-31-50(2,3)68(22)51(4,5)32-40)62-47(59-44)65(19)41-33-52(6,7)69(23)53(8,9)34-41/h39-43H,26-38H2,1-25H3. The smallest absolute Gasteiger partial charge is 0.230 e. The number of piperidine rings is 4. The first-order chi connectivity index (χ1) is 32.4. The van der Waals surface area contributed by atoms with Crippen LogP contribution in [0, 0.1) is 0 Å². The Bertz CT molecular complexity index is 1940. The molecular formula is C57H106N14. The molecule has 14 nitrogen and oxygen atoms in total. The van der Waals surface area contributed by atoms with Crippen molar-refractivity contribution in [2.75, 3.05) is 76.0 Å². The van der Waals surface area contributed by atoms with E-state index in [0.717, 1.165) is 119 Å². The van der Waals surface area contributed by atoms with Gasteiger partial charge < -0.3 is 19.6 Å². The molecule has 2 aromatic rings. The second-order valence-corrected chi connectivity index (χ2v) is 28.4. The molecule has 0 spiro atoms. The second kappa shape index (κ2) is 20.0. The van der Waals surface area contributed by atoms with E-state index >= 15 is 0 Å². The van der Waals surface area contributed by atoms with Crippen LogP contribution in [-0.2, 0) is 6.42 Å². The van der Waals surface area contributed by atoms with Gasteiger partial charge in [-0.1, -0.05) is 13.3 Å². The first-order valence-corrected chi connectivity index (χ1v) is 27.7. The maximum Gasteiger partial charge on any atom is 0.230 e. The molecule has 71 heavy (non-hydrogen) atoms. The van der Waals surface area contributed by atoms with E-state index in [1.165, 1.54) is 0 Å². The van der Waals surface area contributed by atoms with Gasteiger partial charge in [0.25, 0.3) is 0 Å². The average Bonchev–Trinajstić information content (AvgIpc) is 3.26. The number of anilines is 4. The molecule has 1 atom stereocenters. The van der Waals surface area contributed by atoms with Gasteiger partial charge in [-0.15, -0.1) is 0 Å². The van der Waals surface area contributed by atoms with Crippen LogP contribution < -0.4 is 19.6 Å². The Morgan fingerprint density at radius 1 is 0.394 bits per heavy atom. The number of nitrogens with zero attached hydrogens (tertiary/aromatic N) is 14. The fraction of sp³-hybridized carbons (Fsp3) is 0.895. The summed E-state index contributed by atoms with van der Waals surface area (Å²) in [5.41, 5.74) is 0.347. The predicted molar refractivity (Wildman–Crippen MR) is 300 cm³/mol. The van der Waals surface area contributed by atoms with Crippen LogP contribution >= 0.6 is 0 Å². The third-order valence-electron chi connectivity index (χ3n) is 19.9. The fourth-order valence-corrected chi connectivity index (χ4v) is 13.9. The van der Waals surface area contributed by atoms with E-state index in [1.807, 2.05) is 0 Å². The molecule has 4 aliphatic heterocycles. The van der Waals surface area contributed by atoms with Crippen LogP contribution in [0.3, 0.4) is 0 Å². The van der Waals surface area contributed by atoms with Gasteiger partial charge in [0.15, 0.2) is 0 Å². The first kappa shape index (κ1) is 57.3. The molecule has 1 unspecified atom stereocenters. The quantitative estimate of drug-likeness (QED) is 0.158. The van der Waals surface area contributed by atoms with Gasteiger partial charge in [-0.3, -0.25) is 19.6 Å². The second-order valence-electron chi connectivity index (χ2n) is 28.4.